The van der Waals surface area contributed by atoms with Crippen molar-refractivity contribution in [1.82, 2.24) is 4.57 Å². The molecular formula is C16H22N2O. The molecule has 2 N–H and O–H groups in total. The Bertz CT molecular complexity index is 600. The third-order valence-electron chi connectivity index (χ3n) is 4.27. The molecule has 3 nitrogen and oxygen atoms in total. The van der Waals surface area contributed by atoms with Crippen molar-refractivity contribution >= 4 is 10.9 Å². The molecule has 102 valence electrons. The minimum absolute atomic E-state index is 0.557. The van der Waals surface area contributed by atoms with Gasteiger partial charge < -0.3 is 15.0 Å². The molecule has 0 saturated heterocycles. The van der Waals surface area contributed by atoms with E-state index in [9.17, 15) is 0 Å². The van der Waals surface area contributed by atoms with E-state index in [4.69, 9.17) is 10.5 Å². The lowest BCUT2D eigenvalue weighted by molar-refractivity contribution is 0.332. The summed E-state index contributed by atoms with van der Waals surface area (Å²) in [7, 11) is 2.17. The number of benzene rings is 1. The number of ether oxygens (including phenoxy) is 1. The lowest BCUT2D eigenvalue weighted by Crippen LogP contribution is -2.11. The van der Waals surface area contributed by atoms with E-state index < -0.39 is 0 Å². The second-order valence-electron chi connectivity index (χ2n) is 5.50. The van der Waals surface area contributed by atoms with Crippen LogP contribution in [-0.4, -0.2) is 17.7 Å². The lowest BCUT2D eigenvalue weighted by Gasteiger charge is -2.20. The topological polar surface area (TPSA) is 40.2 Å². The van der Waals surface area contributed by atoms with Gasteiger partial charge in [-0.1, -0.05) is 13.0 Å². The summed E-state index contributed by atoms with van der Waals surface area (Å²) in [5.41, 5.74) is 9.83. The number of nitrogens with zero attached hydrogens (tertiary/aromatic N) is 1. The van der Waals surface area contributed by atoms with Gasteiger partial charge in [-0.15, -0.1) is 0 Å². The monoisotopic (exact) mass is 258 g/mol. The Morgan fingerprint density at radius 3 is 3.05 bits per heavy atom. The maximum Gasteiger partial charge on any atom is 0.129 e. The van der Waals surface area contributed by atoms with Gasteiger partial charge in [0, 0.05) is 24.7 Å². The summed E-state index contributed by atoms with van der Waals surface area (Å²) in [6, 6.07) is 6.33. The van der Waals surface area contributed by atoms with Crippen molar-refractivity contribution in [3.8, 4) is 5.75 Å². The molecule has 0 saturated carbocycles. The molecular weight excluding hydrogens is 236 g/mol. The van der Waals surface area contributed by atoms with Gasteiger partial charge in [0.15, 0.2) is 0 Å². The molecule has 1 heterocycles. The molecule has 1 atom stereocenters. The third-order valence-corrected chi connectivity index (χ3v) is 4.27. The van der Waals surface area contributed by atoms with E-state index in [0.29, 0.717) is 19.1 Å². The molecule has 0 aliphatic heterocycles. The van der Waals surface area contributed by atoms with Gasteiger partial charge in [-0.3, -0.25) is 0 Å². The van der Waals surface area contributed by atoms with Crippen molar-refractivity contribution in [2.75, 3.05) is 13.2 Å². The fourth-order valence-electron chi connectivity index (χ4n) is 3.38. The maximum absolute atomic E-state index is 5.86. The van der Waals surface area contributed by atoms with Crippen LogP contribution in [0.3, 0.4) is 0 Å². The summed E-state index contributed by atoms with van der Waals surface area (Å²) in [5.74, 6) is 1.61. The smallest absolute Gasteiger partial charge is 0.129 e. The molecule has 0 bridgehead atoms. The SMILES string of the molecule is CC1CCCc2c1c1c(OCCN)cccc1n2C. The highest BCUT2D eigenvalue weighted by molar-refractivity contribution is 5.92. The van der Waals surface area contributed by atoms with E-state index in [1.165, 1.54) is 41.4 Å². The van der Waals surface area contributed by atoms with Crippen LogP contribution in [0.2, 0.25) is 0 Å². The van der Waals surface area contributed by atoms with Crippen LogP contribution < -0.4 is 10.5 Å². The number of aromatic nitrogens is 1. The Hall–Kier alpha value is -1.48. The summed E-state index contributed by atoms with van der Waals surface area (Å²) in [6.07, 6.45) is 3.75. The van der Waals surface area contributed by atoms with Crippen LogP contribution in [0.5, 0.6) is 5.75 Å². The van der Waals surface area contributed by atoms with Gasteiger partial charge in [-0.05, 0) is 42.9 Å². The van der Waals surface area contributed by atoms with Crippen LogP contribution in [0.1, 0.15) is 36.9 Å². The summed E-state index contributed by atoms with van der Waals surface area (Å²) in [6.45, 7) is 3.47. The third kappa shape index (κ3) is 1.93. The van der Waals surface area contributed by atoms with Crippen LogP contribution in [-0.2, 0) is 13.5 Å². The Balaban J connectivity index is 2.23. The molecule has 0 fully saturated rings. The molecule has 3 heteroatoms. The van der Waals surface area contributed by atoms with E-state index in [0.717, 1.165) is 5.75 Å². The predicted molar refractivity (Wildman–Crippen MR) is 78.8 cm³/mol. The number of hydrogen-bond donors (Lipinski definition) is 1. The van der Waals surface area contributed by atoms with E-state index >= 15 is 0 Å². The molecule has 2 aromatic rings. The van der Waals surface area contributed by atoms with Crippen LogP contribution in [0.15, 0.2) is 18.2 Å². The van der Waals surface area contributed by atoms with Gasteiger partial charge in [0.2, 0.25) is 0 Å². The van der Waals surface area contributed by atoms with Crippen LogP contribution in [0, 0.1) is 0 Å². The highest BCUT2D eigenvalue weighted by Gasteiger charge is 2.25. The number of nitrogens with two attached hydrogens (primary N) is 1. The fraction of sp³-hybridized carbons (Fsp3) is 0.500. The molecule has 0 spiro atoms. The largest absolute Gasteiger partial charge is 0.492 e. The van der Waals surface area contributed by atoms with Crippen molar-refractivity contribution in [3.05, 3.63) is 29.5 Å². The normalized spacial score (nSPS) is 18.6. The molecule has 3 rings (SSSR count). The quantitative estimate of drug-likeness (QED) is 0.919. The summed E-state index contributed by atoms with van der Waals surface area (Å²) in [5, 5.41) is 1.31. The molecule has 1 unspecified atom stereocenters. The van der Waals surface area contributed by atoms with E-state index in [-0.39, 0.29) is 0 Å². The molecule has 19 heavy (non-hydrogen) atoms. The van der Waals surface area contributed by atoms with Gasteiger partial charge in [0.1, 0.15) is 12.4 Å². The van der Waals surface area contributed by atoms with Crippen molar-refractivity contribution in [2.24, 2.45) is 12.8 Å². The van der Waals surface area contributed by atoms with Crippen molar-refractivity contribution in [2.45, 2.75) is 32.1 Å². The highest BCUT2D eigenvalue weighted by Crippen LogP contribution is 2.42. The van der Waals surface area contributed by atoms with E-state index in [1.807, 2.05) is 0 Å². The molecule has 1 aliphatic carbocycles. The summed E-state index contributed by atoms with van der Waals surface area (Å²) < 4.78 is 8.20. The minimum Gasteiger partial charge on any atom is -0.492 e. The summed E-state index contributed by atoms with van der Waals surface area (Å²) in [4.78, 5) is 0. The first-order valence-electron chi connectivity index (χ1n) is 7.17. The Labute approximate surface area is 114 Å². The average Bonchev–Trinajstić information content (AvgIpc) is 2.72. The molecule has 0 amide bonds. The van der Waals surface area contributed by atoms with Crippen molar-refractivity contribution in [1.29, 1.82) is 0 Å². The van der Waals surface area contributed by atoms with E-state index in [2.05, 4.69) is 36.7 Å². The first-order chi connectivity index (χ1) is 9.24. The van der Waals surface area contributed by atoms with Gasteiger partial charge in [0.05, 0.1) is 5.52 Å². The lowest BCUT2D eigenvalue weighted by atomic mass is 9.86. The van der Waals surface area contributed by atoms with Crippen molar-refractivity contribution < 1.29 is 4.74 Å². The van der Waals surface area contributed by atoms with Crippen LogP contribution >= 0.6 is 0 Å². The predicted octanol–water partition coefficient (Wildman–Crippen LogP) is 2.96. The second-order valence-corrected chi connectivity index (χ2v) is 5.50. The number of aryl methyl sites for hydroxylation is 1. The molecule has 1 aliphatic rings. The molecule has 1 aromatic heterocycles. The highest BCUT2D eigenvalue weighted by atomic mass is 16.5. The first kappa shape index (κ1) is 12.5. The zero-order chi connectivity index (χ0) is 13.4. The van der Waals surface area contributed by atoms with Gasteiger partial charge in [-0.2, -0.15) is 0 Å². The second kappa shape index (κ2) is 4.89. The Kier molecular flexibility index (Phi) is 3.23. The number of hydrogen-bond acceptors (Lipinski definition) is 2. The maximum atomic E-state index is 5.86. The standard InChI is InChI=1S/C16H22N2O/c1-11-5-3-6-12-15(11)16-13(18(12)2)7-4-8-14(16)19-10-9-17/h4,7-8,11H,3,5-6,9-10,17H2,1-2H3. The zero-order valence-electron chi connectivity index (χ0n) is 11.8. The molecule has 1 aromatic carbocycles. The van der Waals surface area contributed by atoms with Crippen molar-refractivity contribution in [3.63, 3.8) is 0 Å². The van der Waals surface area contributed by atoms with Gasteiger partial charge in [-0.25, -0.2) is 0 Å². The zero-order valence-corrected chi connectivity index (χ0v) is 11.8. The average molecular weight is 258 g/mol. The van der Waals surface area contributed by atoms with Crippen LogP contribution in [0.4, 0.5) is 0 Å². The number of fused-ring (bicyclic) bond motifs is 3. The Morgan fingerprint density at radius 1 is 1.42 bits per heavy atom. The fourth-order valence-corrected chi connectivity index (χ4v) is 3.38. The Morgan fingerprint density at radius 2 is 2.26 bits per heavy atom. The molecule has 0 radical (unpaired) electrons. The first-order valence-corrected chi connectivity index (χ1v) is 7.17. The number of rotatable bonds is 3. The van der Waals surface area contributed by atoms with Gasteiger partial charge >= 0.3 is 0 Å². The minimum atomic E-state index is 0.557. The van der Waals surface area contributed by atoms with Gasteiger partial charge in [0.25, 0.3) is 0 Å². The van der Waals surface area contributed by atoms with Crippen LogP contribution in [0.25, 0.3) is 10.9 Å². The van der Waals surface area contributed by atoms with E-state index in [1.54, 1.807) is 0 Å². The summed E-state index contributed by atoms with van der Waals surface area (Å²) >= 11 is 0.